The first-order valence-corrected chi connectivity index (χ1v) is 42.1. The number of nitrogen functional groups attached to an aromatic ring is 1. The summed E-state index contributed by atoms with van der Waals surface area (Å²) >= 11 is 20.0. The number of ketones is 2. The van der Waals surface area contributed by atoms with E-state index in [0.717, 1.165) is 85.8 Å². The summed E-state index contributed by atoms with van der Waals surface area (Å²) in [6.07, 6.45) is 1.29. The average Bonchev–Trinajstić information content (AvgIpc) is 4.20. The molecule has 0 aliphatic heterocycles. The van der Waals surface area contributed by atoms with Crippen molar-refractivity contribution in [2.75, 3.05) is 5.73 Å². The molecule has 8 aromatic rings. The number of halogens is 11. The van der Waals surface area contributed by atoms with E-state index in [2.05, 4.69) is 96.9 Å². The van der Waals surface area contributed by atoms with Gasteiger partial charge < -0.3 is 10.8 Å². The monoisotopic (exact) mass is 1580 g/mol. The number of benzene rings is 3. The van der Waals surface area contributed by atoms with Crippen molar-refractivity contribution in [1.82, 2.24) is 0 Å². The van der Waals surface area contributed by atoms with Crippen LogP contribution in [0.1, 0.15) is 87.3 Å². The molecule has 77 heavy (non-hydrogen) atoms. The number of aromatic carboxylic acids is 1. The molecule has 3 aromatic carbocycles. The molecule has 0 unspecified atom stereocenters. The van der Waals surface area contributed by atoms with Gasteiger partial charge in [0, 0.05) is 40.2 Å². The molecular formula is C53H48Br5F6NO6S5Sn. The summed E-state index contributed by atoms with van der Waals surface area (Å²) in [7, 11) is 0. The molecule has 5 heterocycles. The Labute approximate surface area is 507 Å². The molecule has 7 nitrogen and oxygen atoms in total. The smallest absolute Gasteiger partial charge is 0.346 e. The first kappa shape index (κ1) is 70.0. The largest absolute Gasteiger partial charge is 0.477 e. The zero-order chi connectivity index (χ0) is 58.5. The number of Topliss-reactive ketones (excluding diaryl/α,β-unsaturated/α-hetero) is 2. The van der Waals surface area contributed by atoms with E-state index < -0.39 is 64.9 Å². The minimum atomic E-state index is -2.22. The van der Waals surface area contributed by atoms with Crippen molar-refractivity contribution in [2.45, 2.75) is 62.3 Å². The van der Waals surface area contributed by atoms with Gasteiger partial charge in [0.05, 0.1) is 26.0 Å². The molecule has 5 aromatic heterocycles. The summed E-state index contributed by atoms with van der Waals surface area (Å²) in [6, 6.07) is 20.3. The van der Waals surface area contributed by atoms with Crippen LogP contribution in [0.25, 0.3) is 0 Å². The van der Waals surface area contributed by atoms with Crippen molar-refractivity contribution in [3.8, 4) is 0 Å². The summed E-state index contributed by atoms with van der Waals surface area (Å²) in [4.78, 5) is 65.2. The van der Waals surface area contributed by atoms with Gasteiger partial charge in [-0.05, 0) is 152 Å². The number of carbonyl (C=O) groups is 5. The van der Waals surface area contributed by atoms with Gasteiger partial charge in [-0.2, -0.15) is 0 Å². The maximum absolute atomic E-state index is 13.6. The molecule has 0 amide bonds. The van der Waals surface area contributed by atoms with Crippen molar-refractivity contribution >= 4 is 190 Å². The maximum atomic E-state index is 13.6. The van der Waals surface area contributed by atoms with Gasteiger partial charge in [0.25, 0.3) is 0 Å². The summed E-state index contributed by atoms with van der Waals surface area (Å²) in [5, 5.41) is 10.5. The number of carboxylic acids is 1. The maximum Gasteiger partial charge on any atom is 0.346 e. The van der Waals surface area contributed by atoms with E-state index in [1.54, 1.807) is 19.9 Å². The van der Waals surface area contributed by atoms with E-state index in [9.17, 15) is 50.3 Å². The van der Waals surface area contributed by atoms with Gasteiger partial charge in [-0.15, -0.1) is 45.3 Å². The van der Waals surface area contributed by atoms with Crippen LogP contribution in [0.3, 0.4) is 0 Å². The van der Waals surface area contributed by atoms with Crippen molar-refractivity contribution < 1.29 is 55.4 Å². The Hall–Kier alpha value is -3.11. The number of rotatable bonds is 10. The van der Waals surface area contributed by atoms with Crippen molar-refractivity contribution in [3.63, 3.8) is 0 Å². The summed E-state index contributed by atoms with van der Waals surface area (Å²) in [5.41, 5.74) is 8.86. The average molecular weight is 1590 g/mol. The number of aldehydes is 2. The van der Waals surface area contributed by atoms with Crippen LogP contribution in [0.5, 0.6) is 0 Å². The number of aryl methyl sites for hydroxylation is 5. The number of thiophene rings is 5. The number of hydrogen-bond donors (Lipinski definition) is 2. The number of nitrogens with two attached hydrogens (primary N) is 1. The van der Waals surface area contributed by atoms with E-state index in [1.807, 2.05) is 44.4 Å². The second-order valence-electron chi connectivity index (χ2n) is 16.8. The van der Waals surface area contributed by atoms with Crippen LogP contribution in [0.15, 0.2) is 102 Å². The molecule has 24 heteroatoms. The van der Waals surface area contributed by atoms with E-state index in [4.69, 9.17) is 10.8 Å². The van der Waals surface area contributed by atoms with Crippen LogP contribution in [-0.2, 0) is 12.8 Å². The molecule has 0 bridgehead atoms. The van der Waals surface area contributed by atoms with Crippen LogP contribution >= 0.6 is 133 Å². The zero-order valence-corrected chi connectivity index (χ0v) is 56.9. The summed E-state index contributed by atoms with van der Waals surface area (Å²) in [6.45, 7) is 9.32. The van der Waals surface area contributed by atoms with Gasteiger partial charge in [-0.3, -0.25) is 14.4 Å². The predicted molar refractivity (Wildman–Crippen MR) is 327 cm³/mol. The molecule has 3 N–H and O–H groups in total. The molecule has 0 atom stereocenters. The predicted octanol–water partition coefficient (Wildman–Crippen LogP) is 19.1. The molecule has 0 saturated heterocycles. The van der Waals surface area contributed by atoms with Gasteiger partial charge in [0.2, 0.25) is 0 Å². The van der Waals surface area contributed by atoms with Crippen LogP contribution in [-0.4, -0.2) is 53.6 Å². The van der Waals surface area contributed by atoms with E-state index >= 15 is 0 Å². The topological polar surface area (TPSA) is 132 Å². The zero-order valence-electron chi connectivity index (χ0n) is 42.0. The molecule has 0 fully saturated rings. The van der Waals surface area contributed by atoms with Gasteiger partial charge in [0.15, 0.2) is 18.4 Å². The molecule has 0 spiro atoms. The number of anilines is 1. The van der Waals surface area contributed by atoms with Gasteiger partial charge in [-0.25, -0.2) is 22.4 Å². The van der Waals surface area contributed by atoms with Crippen LogP contribution < -0.4 is 8.63 Å². The molecule has 0 aliphatic rings. The van der Waals surface area contributed by atoms with Crippen molar-refractivity contribution in [3.05, 3.63) is 200 Å². The Morgan fingerprint density at radius 2 is 0.896 bits per heavy atom. The summed E-state index contributed by atoms with van der Waals surface area (Å²) < 4.78 is 82.6. The van der Waals surface area contributed by atoms with Gasteiger partial charge in [0.1, 0.15) is 33.8 Å². The molecule has 412 valence electrons. The third-order valence-corrected chi connectivity index (χ3v) is 26.8. The fraction of sp³-hybridized carbons (Fsp3) is 0.189. The van der Waals surface area contributed by atoms with Crippen molar-refractivity contribution in [2.24, 2.45) is 0 Å². The first-order valence-electron chi connectivity index (χ1n) is 21.9. The van der Waals surface area contributed by atoms with Crippen LogP contribution in [0.2, 0.25) is 14.8 Å². The van der Waals surface area contributed by atoms with Crippen molar-refractivity contribution in [1.29, 1.82) is 0 Å². The standard InChI is InChI=1S/C13H9BrF2OS.C13H9F2OS.C6H5BrO2S.C6H5BrOS.C6H5F2N.C6H6OS.3CH3.Br2.Sn/c1-7-5-12(14)18-13(7)11(17)6-8-9(15)3-2-4-10(8)16;1-8-5-6-17-13(8)12(16)7-9-10(14)3-2-4-11(9)15;1-3-2-4(7)10-5(3)6(8)9;1-4-2-6(7)9-5(4)3-8;7-4-2-1-3-5(8)6(4)9;1-5-2-3-8-6(5)4-7;;;;1-2;/h2-5H,6H2,1H3;2-5H,7H2,1H3;2H,1H3,(H,8,9);2-3H,1H3;1-3H,9H2;2-4H,1H3;3*1H3;;. The third-order valence-electron chi connectivity index (χ3n) is 9.97. The van der Waals surface area contributed by atoms with Crippen LogP contribution in [0.4, 0.5) is 32.0 Å². The number of carbonyl (C=O) groups excluding carboxylic acids is 4. The normalized spacial score (nSPS) is 10.2. The Morgan fingerprint density at radius 3 is 1.16 bits per heavy atom. The van der Waals surface area contributed by atoms with Gasteiger partial charge in [-0.1, -0.05) is 12.1 Å². The fourth-order valence-corrected chi connectivity index (χ4v) is 18.0. The van der Waals surface area contributed by atoms with Crippen LogP contribution in [0, 0.1) is 69.5 Å². The minimum absolute atomic E-state index is 0.142. The molecule has 0 radical (unpaired) electrons. The SMILES string of the molecule is BrBr.Cc1c[c]([Sn]([CH3])([CH3])[CH3])sc1C(=O)Cc1c(F)cccc1F.Cc1cc(Br)sc1C(=O)Cc1c(F)cccc1F.Cc1cc(Br)sc1C(=O)O.Cc1cc(Br)sc1C=O.Cc1ccsc1C=O.Nc1c(F)cccc1F. The molecule has 8 rings (SSSR count). The Kier molecular flexibility index (Phi) is 31.1. The molecular weight excluding hydrogens is 1540 g/mol. The molecule has 0 aliphatic carbocycles. The second-order valence-corrected chi connectivity index (χ2v) is 41.6. The van der Waals surface area contributed by atoms with E-state index in [1.165, 1.54) is 89.9 Å². The second kappa shape index (κ2) is 34.2. The summed E-state index contributed by atoms with van der Waals surface area (Å²) in [5.74, 6) is -5.44. The number of carboxylic acid groups (broad SMARTS) is 1. The third kappa shape index (κ3) is 22.7. The quantitative estimate of drug-likeness (QED) is 0.0458. The minimum Gasteiger partial charge on any atom is -0.477 e. The van der Waals surface area contributed by atoms with Gasteiger partial charge >= 0.3 is 138 Å². The first-order chi connectivity index (χ1) is 36.1. The fourth-order valence-electron chi connectivity index (χ4n) is 5.98. The Balaban J connectivity index is 0.000000327. The Morgan fingerprint density at radius 1 is 0.532 bits per heavy atom. The number of hydrogen-bond acceptors (Lipinski definition) is 11. The number of para-hydroxylation sites is 1. The Bertz CT molecular complexity index is 3220. The van der Waals surface area contributed by atoms with E-state index in [0.29, 0.717) is 14.6 Å². The van der Waals surface area contributed by atoms with E-state index in [-0.39, 0.29) is 35.5 Å². The molecule has 0 saturated carbocycles.